The van der Waals surface area contributed by atoms with E-state index in [2.05, 4.69) is 10.3 Å². The van der Waals surface area contributed by atoms with Crippen LogP contribution >= 0.6 is 22.9 Å². The molecule has 5 nitrogen and oxygen atoms in total. The number of rotatable bonds is 4. The van der Waals surface area contributed by atoms with Gasteiger partial charge in [0.2, 0.25) is 5.91 Å². The zero-order valence-corrected chi connectivity index (χ0v) is 15.9. The first-order valence-corrected chi connectivity index (χ1v) is 10.3. The van der Waals surface area contributed by atoms with Crippen LogP contribution in [0.4, 0.5) is 5.13 Å². The molecule has 0 saturated heterocycles. The summed E-state index contributed by atoms with van der Waals surface area (Å²) < 4.78 is 25.4. The third kappa shape index (κ3) is 3.84. The lowest BCUT2D eigenvalue weighted by Crippen LogP contribution is -2.22. The Balaban J connectivity index is 1.80. The number of thiazole rings is 1. The Kier molecular flexibility index (Phi) is 4.81. The molecule has 0 aliphatic carbocycles. The largest absolute Gasteiger partial charge is 0.301 e. The number of fused-ring (bicyclic) bond motifs is 1. The van der Waals surface area contributed by atoms with Crippen molar-refractivity contribution in [2.24, 2.45) is 0 Å². The molecule has 3 rings (SSSR count). The van der Waals surface area contributed by atoms with Gasteiger partial charge >= 0.3 is 0 Å². The van der Waals surface area contributed by atoms with E-state index in [-0.39, 0.29) is 4.90 Å². The topological polar surface area (TPSA) is 76.1 Å². The molecule has 0 aliphatic heterocycles. The summed E-state index contributed by atoms with van der Waals surface area (Å²) in [6.07, 6.45) is 0. The van der Waals surface area contributed by atoms with Crippen LogP contribution in [0.15, 0.2) is 41.3 Å². The van der Waals surface area contributed by atoms with Gasteiger partial charge in [0.1, 0.15) is 5.75 Å². The van der Waals surface area contributed by atoms with Crippen molar-refractivity contribution >= 4 is 54.0 Å². The van der Waals surface area contributed by atoms with Gasteiger partial charge in [-0.15, -0.1) is 0 Å². The highest BCUT2D eigenvalue weighted by atomic mass is 35.5. The molecule has 130 valence electrons. The molecule has 25 heavy (non-hydrogen) atoms. The molecule has 0 atom stereocenters. The molecule has 1 heterocycles. The average Bonchev–Trinajstić information content (AvgIpc) is 2.95. The minimum atomic E-state index is -3.70. The van der Waals surface area contributed by atoms with Crippen molar-refractivity contribution in [1.82, 2.24) is 4.98 Å². The molecule has 0 bridgehead atoms. The Hall–Kier alpha value is -1.96. The Bertz CT molecular complexity index is 1020. The monoisotopic (exact) mass is 394 g/mol. The van der Waals surface area contributed by atoms with Crippen LogP contribution in [-0.2, 0) is 14.6 Å². The number of hydrogen-bond acceptors (Lipinski definition) is 5. The number of carbonyl (C=O) groups excluding carboxylic acids is 1. The van der Waals surface area contributed by atoms with E-state index < -0.39 is 21.5 Å². The maximum Gasteiger partial charge on any atom is 0.241 e. The van der Waals surface area contributed by atoms with Crippen LogP contribution in [0.25, 0.3) is 10.2 Å². The van der Waals surface area contributed by atoms with Crippen LogP contribution < -0.4 is 5.32 Å². The highest BCUT2D eigenvalue weighted by Gasteiger charge is 2.20. The number of nitrogens with one attached hydrogen (secondary N) is 1. The predicted molar refractivity (Wildman–Crippen MR) is 101 cm³/mol. The van der Waals surface area contributed by atoms with Crippen molar-refractivity contribution in [2.45, 2.75) is 18.7 Å². The van der Waals surface area contributed by atoms with E-state index >= 15 is 0 Å². The molecule has 0 fully saturated rings. The lowest BCUT2D eigenvalue weighted by molar-refractivity contribution is -0.113. The Morgan fingerprint density at radius 2 is 1.84 bits per heavy atom. The number of hydrogen-bond donors (Lipinski definition) is 1. The summed E-state index contributed by atoms with van der Waals surface area (Å²) in [5.41, 5.74) is 2.59. The second-order valence-electron chi connectivity index (χ2n) is 5.68. The van der Waals surface area contributed by atoms with E-state index in [9.17, 15) is 13.2 Å². The number of anilines is 1. The van der Waals surface area contributed by atoms with Crippen molar-refractivity contribution in [3.63, 3.8) is 0 Å². The first-order valence-electron chi connectivity index (χ1n) is 7.41. The Morgan fingerprint density at radius 1 is 1.16 bits per heavy atom. The molecule has 3 aromatic rings. The minimum Gasteiger partial charge on any atom is -0.301 e. The van der Waals surface area contributed by atoms with E-state index in [4.69, 9.17) is 11.6 Å². The highest BCUT2D eigenvalue weighted by Crippen LogP contribution is 2.33. The van der Waals surface area contributed by atoms with E-state index in [1.54, 1.807) is 18.2 Å². The molecule has 0 aliphatic rings. The molecule has 1 aromatic heterocycles. The zero-order valence-electron chi connectivity index (χ0n) is 13.5. The summed E-state index contributed by atoms with van der Waals surface area (Å²) in [6, 6.07) is 10.0. The van der Waals surface area contributed by atoms with E-state index in [1.807, 2.05) is 19.9 Å². The van der Waals surface area contributed by atoms with Gasteiger partial charge in [0, 0.05) is 0 Å². The molecule has 2 aromatic carbocycles. The number of carbonyl (C=O) groups is 1. The van der Waals surface area contributed by atoms with Crippen molar-refractivity contribution in [3.8, 4) is 0 Å². The van der Waals surface area contributed by atoms with Crippen molar-refractivity contribution < 1.29 is 13.2 Å². The smallest absolute Gasteiger partial charge is 0.241 e. The van der Waals surface area contributed by atoms with E-state index in [1.165, 1.54) is 23.5 Å². The number of nitrogens with zero attached hydrogens (tertiary/aromatic N) is 1. The van der Waals surface area contributed by atoms with Gasteiger partial charge in [-0.3, -0.25) is 4.79 Å². The summed E-state index contributed by atoms with van der Waals surface area (Å²) in [4.78, 5) is 16.6. The Labute approximate surface area is 154 Å². The number of aryl methyl sites for hydroxylation is 2. The van der Waals surface area contributed by atoms with E-state index in [0.717, 1.165) is 15.8 Å². The van der Waals surface area contributed by atoms with Gasteiger partial charge < -0.3 is 5.32 Å². The van der Waals surface area contributed by atoms with Crippen LogP contribution in [0.5, 0.6) is 0 Å². The highest BCUT2D eigenvalue weighted by molar-refractivity contribution is 7.92. The van der Waals surface area contributed by atoms with Gasteiger partial charge in [0.05, 0.1) is 20.1 Å². The van der Waals surface area contributed by atoms with Crippen LogP contribution in [0.2, 0.25) is 5.02 Å². The van der Waals surface area contributed by atoms with Crippen LogP contribution in [0.3, 0.4) is 0 Å². The van der Waals surface area contributed by atoms with Crippen molar-refractivity contribution in [3.05, 3.63) is 52.5 Å². The second-order valence-corrected chi connectivity index (χ2v) is 9.08. The number of halogens is 1. The normalized spacial score (nSPS) is 11.6. The number of benzene rings is 2. The fourth-order valence-electron chi connectivity index (χ4n) is 2.31. The van der Waals surface area contributed by atoms with Crippen LogP contribution in [-0.4, -0.2) is 25.1 Å². The predicted octanol–water partition coefficient (Wildman–Crippen LogP) is 3.98. The van der Waals surface area contributed by atoms with Crippen molar-refractivity contribution in [2.75, 3.05) is 11.1 Å². The molecule has 1 N–H and O–H groups in total. The number of aromatic nitrogens is 1. The number of sulfone groups is 1. The molecule has 0 spiro atoms. The van der Waals surface area contributed by atoms with Gasteiger partial charge in [-0.1, -0.05) is 46.7 Å². The first-order chi connectivity index (χ1) is 11.8. The van der Waals surface area contributed by atoms with Gasteiger partial charge in [-0.25, -0.2) is 13.4 Å². The zero-order chi connectivity index (χ0) is 18.2. The third-order valence-corrected chi connectivity index (χ3v) is 6.71. The maximum absolute atomic E-state index is 12.3. The molecule has 1 amide bonds. The van der Waals surface area contributed by atoms with E-state index in [0.29, 0.717) is 15.7 Å². The van der Waals surface area contributed by atoms with Gasteiger partial charge in [0.15, 0.2) is 15.0 Å². The average molecular weight is 395 g/mol. The Morgan fingerprint density at radius 3 is 2.48 bits per heavy atom. The quantitative estimate of drug-likeness (QED) is 0.726. The third-order valence-electron chi connectivity index (χ3n) is 3.64. The molecular weight excluding hydrogens is 380 g/mol. The standard InChI is InChI=1S/C17H15ClN2O3S2/c1-10-3-6-12(7-4-10)25(22,23)9-14(21)19-17-20-15-11(2)5-8-13(18)16(15)24-17/h3-8H,9H2,1-2H3,(H,19,20,21). The molecule has 0 saturated carbocycles. The summed E-state index contributed by atoms with van der Waals surface area (Å²) in [6.45, 7) is 3.76. The lowest BCUT2D eigenvalue weighted by atomic mass is 10.2. The van der Waals surface area contributed by atoms with Crippen LogP contribution in [0, 0.1) is 13.8 Å². The molecule has 0 unspecified atom stereocenters. The second kappa shape index (κ2) is 6.74. The maximum atomic E-state index is 12.3. The molecule has 8 heteroatoms. The minimum absolute atomic E-state index is 0.122. The van der Waals surface area contributed by atoms with Crippen molar-refractivity contribution in [1.29, 1.82) is 0 Å². The summed E-state index contributed by atoms with van der Waals surface area (Å²) in [5, 5.41) is 3.43. The first kappa shape index (κ1) is 17.8. The summed E-state index contributed by atoms with van der Waals surface area (Å²) in [5.74, 6) is -1.27. The lowest BCUT2D eigenvalue weighted by Gasteiger charge is -2.04. The summed E-state index contributed by atoms with van der Waals surface area (Å²) >= 11 is 7.36. The van der Waals surface area contributed by atoms with Gasteiger partial charge in [0.25, 0.3) is 0 Å². The molecule has 0 radical (unpaired) electrons. The van der Waals surface area contributed by atoms with Crippen LogP contribution in [0.1, 0.15) is 11.1 Å². The number of amides is 1. The SMILES string of the molecule is Cc1ccc(S(=O)(=O)CC(=O)Nc2nc3c(C)ccc(Cl)c3s2)cc1. The fourth-order valence-corrected chi connectivity index (χ4v) is 4.68. The van der Waals surface area contributed by atoms with Gasteiger partial charge in [-0.05, 0) is 37.6 Å². The van der Waals surface area contributed by atoms with Gasteiger partial charge in [-0.2, -0.15) is 0 Å². The molecular formula is C17H15ClN2O3S2. The summed E-state index contributed by atoms with van der Waals surface area (Å²) in [7, 11) is -3.70. The fraction of sp³-hybridized carbons (Fsp3) is 0.176.